The molecule has 1 aliphatic rings. The Hall–Kier alpha value is -2.71. The Kier molecular flexibility index (Phi) is 4.81. The molecule has 29 heavy (non-hydrogen) atoms. The number of hydrogen-bond acceptors (Lipinski definition) is 6. The minimum Gasteiger partial charge on any atom is -0.299 e. The van der Waals surface area contributed by atoms with E-state index in [9.17, 15) is 0 Å². The van der Waals surface area contributed by atoms with Crippen LogP contribution in [0, 0.1) is 0 Å². The maximum Gasteiger partial charge on any atom is 0.192 e. The maximum atomic E-state index is 6.08. The number of aromatic nitrogens is 7. The van der Waals surface area contributed by atoms with Crippen LogP contribution in [0.2, 0.25) is 5.02 Å². The molecule has 0 radical (unpaired) electrons. The molecule has 9 heteroatoms. The first-order chi connectivity index (χ1) is 14.2. The van der Waals surface area contributed by atoms with Gasteiger partial charge in [-0.2, -0.15) is 15.0 Å². The molecule has 1 unspecified atom stereocenters. The number of rotatable bonds is 6. The smallest absolute Gasteiger partial charge is 0.192 e. The molecule has 1 fully saturated rings. The number of pyridine rings is 1. The maximum absolute atomic E-state index is 6.08. The number of hydrogen-bond donors (Lipinski definition) is 0. The summed E-state index contributed by atoms with van der Waals surface area (Å²) in [5.74, 6) is 0.896. The van der Waals surface area contributed by atoms with Gasteiger partial charge in [0, 0.05) is 29.0 Å². The van der Waals surface area contributed by atoms with Gasteiger partial charge in [-0.05, 0) is 50.1 Å². The standard InChI is InChI=1S/C20H18ClN7S/c1-13(18-12-23-28(26-18)17-4-2-3-15(21)11-17)29-20-25-24-19(27(20)16-5-6-16)14-7-9-22-10-8-14/h2-4,7-13,16H,5-6H2,1H3. The van der Waals surface area contributed by atoms with Gasteiger partial charge < -0.3 is 0 Å². The van der Waals surface area contributed by atoms with Crippen molar-refractivity contribution < 1.29 is 0 Å². The fourth-order valence-corrected chi connectivity index (χ4v) is 4.29. The zero-order valence-corrected chi connectivity index (χ0v) is 17.3. The van der Waals surface area contributed by atoms with Crippen LogP contribution in [0.5, 0.6) is 0 Å². The molecule has 0 saturated heterocycles. The van der Waals surface area contributed by atoms with Crippen LogP contribution in [-0.4, -0.2) is 34.7 Å². The Bertz CT molecular complexity index is 1140. The molecule has 0 amide bonds. The summed E-state index contributed by atoms with van der Waals surface area (Å²) in [5, 5.41) is 19.6. The molecule has 4 aromatic rings. The summed E-state index contributed by atoms with van der Waals surface area (Å²) in [6, 6.07) is 11.9. The van der Waals surface area contributed by atoms with Gasteiger partial charge in [-0.25, -0.2) is 0 Å². The molecule has 1 aliphatic carbocycles. The zero-order valence-electron chi connectivity index (χ0n) is 15.7. The van der Waals surface area contributed by atoms with Gasteiger partial charge in [0.2, 0.25) is 0 Å². The fraction of sp³-hybridized carbons (Fsp3) is 0.250. The molecule has 3 heterocycles. The van der Waals surface area contributed by atoms with Gasteiger partial charge in [-0.3, -0.25) is 9.55 Å². The van der Waals surface area contributed by atoms with Crippen molar-refractivity contribution in [3.63, 3.8) is 0 Å². The lowest BCUT2D eigenvalue weighted by atomic mass is 10.2. The summed E-state index contributed by atoms with van der Waals surface area (Å²) in [5.41, 5.74) is 2.75. The lowest BCUT2D eigenvalue weighted by Gasteiger charge is -2.11. The van der Waals surface area contributed by atoms with Crippen molar-refractivity contribution in [2.75, 3.05) is 0 Å². The van der Waals surface area contributed by atoms with Crippen LogP contribution in [-0.2, 0) is 0 Å². The predicted octanol–water partition coefficient (Wildman–Crippen LogP) is 4.76. The lowest BCUT2D eigenvalue weighted by Crippen LogP contribution is -2.02. The largest absolute Gasteiger partial charge is 0.299 e. The van der Waals surface area contributed by atoms with Crippen LogP contribution in [0.3, 0.4) is 0 Å². The van der Waals surface area contributed by atoms with Crippen molar-refractivity contribution in [3.05, 3.63) is 65.7 Å². The van der Waals surface area contributed by atoms with Crippen molar-refractivity contribution >= 4 is 23.4 Å². The number of thioether (sulfide) groups is 1. The summed E-state index contributed by atoms with van der Waals surface area (Å²) in [6.07, 6.45) is 7.67. The molecule has 1 saturated carbocycles. The third-order valence-electron chi connectivity index (χ3n) is 4.76. The second kappa shape index (κ2) is 7.61. The molecule has 0 N–H and O–H groups in total. The highest BCUT2D eigenvalue weighted by Crippen LogP contribution is 2.43. The molecule has 1 aromatic carbocycles. The van der Waals surface area contributed by atoms with E-state index in [1.165, 1.54) is 0 Å². The van der Waals surface area contributed by atoms with E-state index in [1.807, 2.05) is 36.4 Å². The monoisotopic (exact) mass is 423 g/mol. The predicted molar refractivity (Wildman–Crippen MR) is 112 cm³/mol. The highest BCUT2D eigenvalue weighted by atomic mass is 35.5. The van der Waals surface area contributed by atoms with E-state index in [0.29, 0.717) is 11.1 Å². The van der Waals surface area contributed by atoms with Crippen molar-refractivity contribution in [1.82, 2.24) is 34.7 Å². The number of nitrogens with zero attached hydrogens (tertiary/aromatic N) is 7. The van der Waals surface area contributed by atoms with Gasteiger partial charge >= 0.3 is 0 Å². The van der Waals surface area contributed by atoms with E-state index in [1.54, 1.807) is 35.1 Å². The first-order valence-corrected chi connectivity index (χ1v) is 10.6. The van der Waals surface area contributed by atoms with Gasteiger partial charge in [0.15, 0.2) is 11.0 Å². The Morgan fingerprint density at radius 1 is 1.14 bits per heavy atom. The van der Waals surface area contributed by atoms with E-state index >= 15 is 0 Å². The zero-order chi connectivity index (χ0) is 19.8. The molecular weight excluding hydrogens is 406 g/mol. The highest BCUT2D eigenvalue weighted by molar-refractivity contribution is 7.99. The molecule has 3 aromatic heterocycles. The SMILES string of the molecule is CC(Sc1nnc(-c2ccncc2)n1C1CC1)c1cnn(-c2cccc(Cl)c2)n1. The number of halogens is 1. The highest BCUT2D eigenvalue weighted by Gasteiger charge is 2.31. The van der Waals surface area contributed by atoms with Crippen LogP contribution >= 0.6 is 23.4 Å². The molecule has 0 aliphatic heterocycles. The van der Waals surface area contributed by atoms with Gasteiger partial charge in [0.05, 0.1) is 22.8 Å². The van der Waals surface area contributed by atoms with E-state index in [0.717, 1.165) is 40.8 Å². The fourth-order valence-electron chi connectivity index (χ4n) is 3.12. The quantitative estimate of drug-likeness (QED) is 0.416. The van der Waals surface area contributed by atoms with Crippen LogP contribution in [0.25, 0.3) is 17.1 Å². The van der Waals surface area contributed by atoms with Crippen molar-refractivity contribution in [2.45, 2.75) is 36.2 Å². The van der Waals surface area contributed by atoms with Gasteiger partial charge in [0.1, 0.15) is 0 Å². The third kappa shape index (κ3) is 3.77. The molecule has 7 nitrogen and oxygen atoms in total. The van der Waals surface area contributed by atoms with Crippen LogP contribution in [0.4, 0.5) is 0 Å². The van der Waals surface area contributed by atoms with Gasteiger partial charge in [-0.1, -0.05) is 29.4 Å². The average Bonchev–Trinajstić information content (AvgIpc) is 3.29. The van der Waals surface area contributed by atoms with E-state index in [4.69, 9.17) is 11.6 Å². The van der Waals surface area contributed by atoms with Crippen molar-refractivity contribution in [1.29, 1.82) is 0 Å². The molecule has 1 atom stereocenters. The van der Waals surface area contributed by atoms with E-state index < -0.39 is 0 Å². The lowest BCUT2D eigenvalue weighted by molar-refractivity contribution is 0.667. The van der Waals surface area contributed by atoms with Crippen molar-refractivity contribution in [2.24, 2.45) is 0 Å². The Balaban J connectivity index is 1.40. The molecule has 0 spiro atoms. The summed E-state index contributed by atoms with van der Waals surface area (Å²) in [7, 11) is 0. The van der Waals surface area contributed by atoms with Crippen molar-refractivity contribution in [3.8, 4) is 17.1 Å². The summed E-state index contributed by atoms with van der Waals surface area (Å²) in [4.78, 5) is 5.70. The number of benzene rings is 1. The third-order valence-corrected chi connectivity index (χ3v) is 6.08. The first-order valence-electron chi connectivity index (χ1n) is 9.39. The van der Waals surface area contributed by atoms with Crippen LogP contribution in [0.15, 0.2) is 60.1 Å². The summed E-state index contributed by atoms with van der Waals surface area (Å²) in [6.45, 7) is 2.11. The second-order valence-corrected chi connectivity index (χ2v) is 8.69. The average molecular weight is 424 g/mol. The first kappa shape index (κ1) is 18.3. The Morgan fingerprint density at radius 2 is 1.97 bits per heavy atom. The Labute approximate surface area is 177 Å². The summed E-state index contributed by atoms with van der Waals surface area (Å²) < 4.78 is 2.25. The van der Waals surface area contributed by atoms with Gasteiger partial charge in [-0.15, -0.1) is 10.2 Å². The molecule has 146 valence electrons. The second-order valence-electron chi connectivity index (χ2n) is 6.94. The van der Waals surface area contributed by atoms with Gasteiger partial charge in [0.25, 0.3) is 0 Å². The van der Waals surface area contributed by atoms with E-state index in [-0.39, 0.29) is 5.25 Å². The van der Waals surface area contributed by atoms with Crippen LogP contribution < -0.4 is 0 Å². The Morgan fingerprint density at radius 3 is 2.72 bits per heavy atom. The molecule has 5 rings (SSSR count). The molecular formula is C20H18ClN7S. The molecule has 0 bridgehead atoms. The minimum absolute atomic E-state index is 0.0786. The van der Waals surface area contributed by atoms with Crippen LogP contribution in [0.1, 0.15) is 36.8 Å². The summed E-state index contributed by atoms with van der Waals surface area (Å²) >= 11 is 7.73. The normalized spacial score (nSPS) is 14.8. The topological polar surface area (TPSA) is 74.3 Å². The minimum atomic E-state index is 0.0786. The van der Waals surface area contributed by atoms with E-state index in [2.05, 4.69) is 36.9 Å².